The number of rotatable bonds is 4. The molecule has 0 amide bonds. The van der Waals surface area contributed by atoms with Gasteiger partial charge in [0.2, 0.25) is 0 Å². The van der Waals surface area contributed by atoms with E-state index in [4.69, 9.17) is 5.11 Å². The molecule has 2 rings (SSSR count). The van der Waals surface area contributed by atoms with Crippen LogP contribution in [-0.2, 0) is 11.3 Å². The first-order valence-corrected chi connectivity index (χ1v) is 4.89. The summed E-state index contributed by atoms with van der Waals surface area (Å²) in [6.45, 7) is 0.473. The lowest BCUT2D eigenvalue weighted by atomic mass is 10.2. The van der Waals surface area contributed by atoms with Gasteiger partial charge in [-0.25, -0.2) is 0 Å². The molecule has 0 aliphatic heterocycles. The Bertz CT molecular complexity index is 385. The van der Waals surface area contributed by atoms with E-state index < -0.39 is 11.5 Å². The lowest BCUT2D eigenvalue weighted by Crippen LogP contribution is -2.38. The molecule has 1 aliphatic rings. The third-order valence-corrected chi connectivity index (χ3v) is 2.70. The van der Waals surface area contributed by atoms with Gasteiger partial charge in [-0.2, -0.15) is 0 Å². The average molecular weight is 207 g/mol. The highest BCUT2D eigenvalue weighted by Crippen LogP contribution is 2.35. The molecule has 0 aromatic heterocycles. The van der Waals surface area contributed by atoms with E-state index in [1.165, 1.54) is 0 Å². The van der Waals surface area contributed by atoms with Crippen LogP contribution in [0.5, 0.6) is 5.75 Å². The van der Waals surface area contributed by atoms with Crippen molar-refractivity contribution in [1.29, 1.82) is 0 Å². The van der Waals surface area contributed by atoms with Crippen LogP contribution in [0.4, 0.5) is 0 Å². The Hall–Kier alpha value is -1.55. The monoisotopic (exact) mass is 207 g/mol. The van der Waals surface area contributed by atoms with E-state index in [-0.39, 0.29) is 5.75 Å². The van der Waals surface area contributed by atoms with Gasteiger partial charge in [-0.1, -0.05) is 12.1 Å². The molecular weight excluding hydrogens is 194 g/mol. The second-order valence-electron chi connectivity index (χ2n) is 3.91. The SMILES string of the molecule is O=C(O)C1(NCc2cccc(O)c2)CC1. The topological polar surface area (TPSA) is 69.6 Å². The Morgan fingerprint density at radius 2 is 2.20 bits per heavy atom. The van der Waals surface area contributed by atoms with Crippen molar-refractivity contribution >= 4 is 5.97 Å². The summed E-state index contributed by atoms with van der Waals surface area (Å²) in [5, 5.41) is 21.2. The Kier molecular flexibility index (Phi) is 2.36. The molecule has 1 aromatic rings. The zero-order valence-corrected chi connectivity index (χ0v) is 8.23. The smallest absolute Gasteiger partial charge is 0.323 e. The maximum atomic E-state index is 10.9. The Balaban J connectivity index is 1.96. The highest BCUT2D eigenvalue weighted by Gasteiger charge is 2.49. The van der Waals surface area contributed by atoms with Crippen LogP contribution >= 0.6 is 0 Å². The van der Waals surface area contributed by atoms with Crippen molar-refractivity contribution < 1.29 is 15.0 Å². The lowest BCUT2D eigenvalue weighted by Gasteiger charge is -2.12. The van der Waals surface area contributed by atoms with Gasteiger partial charge in [-0.3, -0.25) is 10.1 Å². The molecule has 1 aromatic carbocycles. The summed E-state index contributed by atoms with van der Waals surface area (Å²) in [6.07, 6.45) is 1.36. The Morgan fingerprint density at radius 3 is 2.73 bits per heavy atom. The van der Waals surface area contributed by atoms with Gasteiger partial charge in [0.25, 0.3) is 0 Å². The van der Waals surface area contributed by atoms with E-state index in [2.05, 4.69) is 5.32 Å². The number of hydrogen-bond acceptors (Lipinski definition) is 3. The summed E-state index contributed by atoms with van der Waals surface area (Å²) in [4.78, 5) is 10.9. The first-order chi connectivity index (χ1) is 7.12. The van der Waals surface area contributed by atoms with Crippen molar-refractivity contribution in [2.45, 2.75) is 24.9 Å². The standard InChI is InChI=1S/C11H13NO3/c13-9-3-1-2-8(6-9)7-12-11(4-5-11)10(14)15/h1-3,6,12-13H,4-5,7H2,(H,14,15). The van der Waals surface area contributed by atoms with Crippen LogP contribution in [0.1, 0.15) is 18.4 Å². The molecule has 0 radical (unpaired) electrons. The molecule has 4 heteroatoms. The highest BCUT2D eigenvalue weighted by atomic mass is 16.4. The number of carboxylic acids is 1. The molecule has 1 fully saturated rings. The van der Waals surface area contributed by atoms with E-state index in [1.807, 2.05) is 6.07 Å². The van der Waals surface area contributed by atoms with Gasteiger partial charge in [0.15, 0.2) is 0 Å². The number of phenolic OH excluding ortho intramolecular Hbond substituents is 1. The zero-order valence-electron chi connectivity index (χ0n) is 8.23. The summed E-state index contributed by atoms with van der Waals surface area (Å²) < 4.78 is 0. The van der Waals surface area contributed by atoms with E-state index >= 15 is 0 Å². The van der Waals surface area contributed by atoms with Crippen molar-refractivity contribution in [1.82, 2.24) is 5.32 Å². The van der Waals surface area contributed by atoms with E-state index in [9.17, 15) is 9.90 Å². The third kappa shape index (κ3) is 2.10. The minimum absolute atomic E-state index is 0.203. The summed E-state index contributed by atoms with van der Waals surface area (Å²) >= 11 is 0. The number of hydrogen-bond donors (Lipinski definition) is 3. The first-order valence-electron chi connectivity index (χ1n) is 4.89. The molecule has 0 spiro atoms. The maximum absolute atomic E-state index is 10.9. The summed E-state index contributed by atoms with van der Waals surface area (Å²) in [5.74, 6) is -0.586. The minimum atomic E-state index is -0.789. The number of phenols is 1. The van der Waals surface area contributed by atoms with Gasteiger partial charge in [-0.15, -0.1) is 0 Å². The van der Waals surface area contributed by atoms with E-state index in [0.717, 1.165) is 5.56 Å². The number of aliphatic carboxylic acids is 1. The molecular formula is C11H13NO3. The van der Waals surface area contributed by atoms with E-state index in [1.54, 1.807) is 18.2 Å². The maximum Gasteiger partial charge on any atom is 0.323 e. The highest BCUT2D eigenvalue weighted by molar-refractivity contribution is 5.82. The predicted molar refractivity (Wildman–Crippen MR) is 54.5 cm³/mol. The van der Waals surface area contributed by atoms with Crippen LogP contribution < -0.4 is 5.32 Å². The molecule has 0 atom stereocenters. The molecule has 0 saturated heterocycles. The summed E-state index contributed by atoms with van der Waals surface area (Å²) in [7, 11) is 0. The summed E-state index contributed by atoms with van der Waals surface area (Å²) in [6, 6.07) is 6.82. The third-order valence-electron chi connectivity index (χ3n) is 2.70. The van der Waals surface area contributed by atoms with Gasteiger partial charge in [-0.05, 0) is 30.5 Å². The van der Waals surface area contributed by atoms with Crippen molar-refractivity contribution in [3.8, 4) is 5.75 Å². The molecule has 0 bridgehead atoms. The molecule has 1 aliphatic carbocycles. The van der Waals surface area contributed by atoms with Crippen molar-refractivity contribution in [3.05, 3.63) is 29.8 Å². The fourth-order valence-electron chi connectivity index (χ4n) is 1.53. The fraction of sp³-hybridized carbons (Fsp3) is 0.364. The molecule has 80 valence electrons. The van der Waals surface area contributed by atoms with Crippen LogP contribution in [0.25, 0.3) is 0 Å². The van der Waals surface area contributed by atoms with Crippen molar-refractivity contribution in [2.24, 2.45) is 0 Å². The molecule has 0 heterocycles. The Labute approximate surface area is 87.6 Å². The van der Waals surface area contributed by atoms with Gasteiger partial charge in [0, 0.05) is 6.54 Å². The van der Waals surface area contributed by atoms with Gasteiger partial charge >= 0.3 is 5.97 Å². The minimum Gasteiger partial charge on any atom is -0.508 e. The molecule has 3 N–H and O–H groups in total. The van der Waals surface area contributed by atoms with Gasteiger partial charge < -0.3 is 10.2 Å². The zero-order chi connectivity index (χ0) is 10.9. The molecule has 15 heavy (non-hydrogen) atoms. The quantitative estimate of drug-likeness (QED) is 0.691. The number of aromatic hydroxyl groups is 1. The average Bonchev–Trinajstić information content (AvgIpc) is 2.96. The van der Waals surface area contributed by atoms with Crippen LogP contribution in [-0.4, -0.2) is 21.7 Å². The fourth-order valence-corrected chi connectivity index (χ4v) is 1.53. The van der Waals surface area contributed by atoms with Crippen molar-refractivity contribution in [3.63, 3.8) is 0 Å². The van der Waals surface area contributed by atoms with E-state index in [0.29, 0.717) is 19.4 Å². The number of carbonyl (C=O) groups is 1. The van der Waals surface area contributed by atoms with Crippen LogP contribution in [0.2, 0.25) is 0 Å². The van der Waals surface area contributed by atoms with Crippen molar-refractivity contribution in [2.75, 3.05) is 0 Å². The largest absolute Gasteiger partial charge is 0.508 e. The molecule has 1 saturated carbocycles. The predicted octanol–water partition coefficient (Wildman–Crippen LogP) is 1.10. The lowest BCUT2D eigenvalue weighted by molar-refractivity contribution is -0.140. The van der Waals surface area contributed by atoms with Crippen LogP contribution in [0.3, 0.4) is 0 Å². The van der Waals surface area contributed by atoms with Gasteiger partial charge in [0.05, 0.1) is 0 Å². The van der Waals surface area contributed by atoms with Gasteiger partial charge in [0.1, 0.15) is 11.3 Å². The molecule has 0 unspecified atom stereocenters. The summed E-state index contributed by atoms with van der Waals surface area (Å²) in [5.41, 5.74) is 0.174. The second kappa shape index (κ2) is 3.55. The Morgan fingerprint density at radius 1 is 1.47 bits per heavy atom. The number of carboxylic acid groups (broad SMARTS) is 1. The molecule has 4 nitrogen and oxygen atoms in total. The second-order valence-corrected chi connectivity index (χ2v) is 3.91. The van der Waals surface area contributed by atoms with Crippen LogP contribution in [0, 0.1) is 0 Å². The van der Waals surface area contributed by atoms with Crippen LogP contribution in [0.15, 0.2) is 24.3 Å². The normalized spacial score (nSPS) is 17.3. The number of nitrogens with one attached hydrogen (secondary N) is 1. The first kappa shape index (κ1) is 9.98. The number of benzene rings is 1.